The zero-order valence-corrected chi connectivity index (χ0v) is 16.7. The number of halogens is 1. The molecule has 2 saturated heterocycles. The zero-order chi connectivity index (χ0) is 16.5. The normalized spacial score (nSPS) is 29.6. The molecule has 0 aromatic rings. The molecular formula is C21H42FP. The Bertz CT molecular complexity index is 276. The van der Waals surface area contributed by atoms with Gasteiger partial charge in [-0.1, -0.05) is 0 Å². The summed E-state index contributed by atoms with van der Waals surface area (Å²) in [4.78, 5) is 0. The first-order valence-corrected chi connectivity index (χ1v) is 13.9. The van der Waals surface area contributed by atoms with Crippen molar-refractivity contribution in [2.24, 2.45) is 0 Å². The molecule has 0 bridgehead atoms. The molecule has 23 heavy (non-hydrogen) atoms. The van der Waals surface area contributed by atoms with Gasteiger partial charge in [-0.3, -0.25) is 0 Å². The fraction of sp³-hybridized carbons (Fsp3) is 1.00. The van der Waals surface area contributed by atoms with E-state index in [0.29, 0.717) is 0 Å². The van der Waals surface area contributed by atoms with Crippen LogP contribution in [0.3, 0.4) is 0 Å². The summed E-state index contributed by atoms with van der Waals surface area (Å²) in [5.74, 6) is -0.419. The van der Waals surface area contributed by atoms with E-state index in [2.05, 4.69) is 6.92 Å². The van der Waals surface area contributed by atoms with Crippen LogP contribution in [0.25, 0.3) is 0 Å². The average Bonchev–Trinajstić information content (AvgIpc) is 2.74. The molecule has 0 aliphatic carbocycles. The topological polar surface area (TPSA) is 0 Å². The van der Waals surface area contributed by atoms with Gasteiger partial charge in [0.1, 0.15) is 0 Å². The number of hydrogen-bond acceptors (Lipinski definition) is 0. The van der Waals surface area contributed by atoms with Crippen LogP contribution in [-0.2, 0) is 0 Å². The van der Waals surface area contributed by atoms with E-state index in [4.69, 9.17) is 0 Å². The molecule has 1 spiro atoms. The second-order valence-corrected chi connectivity index (χ2v) is 15.3. The molecule has 138 valence electrons. The van der Waals surface area contributed by atoms with Gasteiger partial charge in [-0.2, -0.15) is 0 Å². The van der Waals surface area contributed by atoms with E-state index in [9.17, 15) is 0 Å². The Labute approximate surface area is 145 Å². The SMILES string of the molecule is CCCCC(F)P12(CCCCCCCC1)CCCCCCCC2. The van der Waals surface area contributed by atoms with E-state index < -0.39 is 12.5 Å². The van der Waals surface area contributed by atoms with Crippen molar-refractivity contribution in [1.29, 1.82) is 0 Å². The summed E-state index contributed by atoms with van der Waals surface area (Å²) in [6, 6.07) is 0. The summed E-state index contributed by atoms with van der Waals surface area (Å²) in [5, 5.41) is 0. The van der Waals surface area contributed by atoms with Crippen molar-refractivity contribution >= 4 is 6.60 Å². The Kier molecular flexibility index (Phi) is 8.34. The number of hydrogen-bond donors (Lipinski definition) is 0. The minimum atomic E-state index is -2.15. The van der Waals surface area contributed by atoms with Gasteiger partial charge in [0.15, 0.2) is 0 Å². The Morgan fingerprint density at radius 2 is 1.00 bits per heavy atom. The summed E-state index contributed by atoms with van der Waals surface area (Å²) in [7, 11) is 0. The second kappa shape index (κ2) is 9.74. The first-order chi connectivity index (χ1) is 11.2. The molecule has 0 amide bonds. The van der Waals surface area contributed by atoms with E-state index in [0.717, 1.165) is 19.3 Å². The summed E-state index contributed by atoms with van der Waals surface area (Å²) < 4.78 is 16.0. The molecule has 2 aliphatic rings. The number of rotatable bonds is 4. The van der Waals surface area contributed by atoms with E-state index in [1.807, 2.05) is 0 Å². The molecule has 0 aromatic carbocycles. The third-order valence-electron chi connectivity index (χ3n) is 7.13. The van der Waals surface area contributed by atoms with Crippen LogP contribution in [0, 0.1) is 0 Å². The van der Waals surface area contributed by atoms with E-state index >= 15 is 4.39 Å². The van der Waals surface area contributed by atoms with Crippen LogP contribution in [-0.4, -0.2) is 30.6 Å². The molecule has 2 rings (SSSR count). The first kappa shape index (κ1) is 19.7. The molecule has 0 nitrogen and oxygen atoms in total. The van der Waals surface area contributed by atoms with E-state index in [1.165, 1.54) is 102 Å². The van der Waals surface area contributed by atoms with Crippen LogP contribution in [0.4, 0.5) is 4.39 Å². The van der Waals surface area contributed by atoms with Crippen LogP contribution in [0.5, 0.6) is 0 Å². The average molecular weight is 345 g/mol. The molecule has 1 atom stereocenters. The van der Waals surface area contributed by atoms with Crippen LogP contribution in [0.2, 0.25) is 0 Å². The van der Waals surface area contributed by atoms with Crippen LogP contribution >= 0.6 is 6.60 Å². The van der Waals surface area contributed by atoms with E-state index in [-0.39, 0.29) is 0 Å². The summed E-state index contributed by atoms with van der Waals surface area (Å²) in [5.41, 5.74) is 0. The van der Waals surface area contributed by atoms with Crippen molar-refractivity contribution in [3.63, 3.8) is 0 Å². The standard InChI is InChI=1S/C21H42FP/c1-2-3-16-21(22)23(17-12-8-4-5-9-13-18-23)19-14-10-6-7-11-15-20-23/h21H,2-20H2,1H3. The van der Waals surface area contributed by atoms with Gasteiger partial charge in [0.2, 0.25) is 0 Å². The molecule has 0 radical (unpaired) electrons. The Hall–Kier alpha value is 0.360. The van der Waals surface area contributed by atoms with Gasteiger partial charge in [-0.05, 0) is 0 Å². The zero-order valence-electron chi connectivity index (χ0n) is 15.8. The molecule has 1 unspecified atom stereocenters. The quantitative estimate of drug-likeness (QED) is 0.458. The molecule has 0 saturated carbocycles. The molecule has 2 aliphatic heterocycles. The fourth-order valence-electron chi connectivity index (χ4n) is 5.54. The van der Waals surface area contributed by atoms with Gasteiger partial charge in [-0.15, -0.1) is 0 Å². The molecule has 2 fully saturated rings. The maximum absolute atomic E-state index is 16.0. The molecule has 0 aromatic heterocycles. The second-order valence-electron chi connectivity index (χ2n) is 8.79. The molecule has 2 heteroatoms. The summed E-state index contributed by atoms with van der Waals surface area (Å²) in [6.45, 7) is 0.0742. The van der Waals surface area contributed by atoms with Gasteiger partial charge in [0.25, 0.3) is 0 Å². The van der Waals surface area contributed by atoms with Crippen molar-refractivity contribution in [2.45, 2.75) is 109 Å². The predicted molar refractivity (Wildman–Crippen MR) is 106 cm³/mol. The third-order valence-corrected chi connectivity index (χ3v) is 15.1. The summed E-state index contributed by atoms with van der Waals surface area (Å²) >= 11 is 0. The number of unbranched alkanes of at least 4 members (excludes halogenated alkanes) is 1. The van der Waals surface area contributed by atoms with Crippen molar-refractivity contribution in [3.05, 3.63) is 0 Å². The predicted octanol–water partition coefficient (Wildman–Crippen LogP) is 7.73. The fourth-order valence-corrected chi connectivity index (χ4v) is 13.2. The van der Waals surface area contributed by atoms with Crippen molar-refractivity contribution in [2.75, 3.05) is 24.6 Å². The minimum absolute atomic E-state index is 0.419. The Morgan fingerprint density at radius 3 is 1.35 bits per heavy atom. The van der Waals surface area contributed by atoms with Crippen LogP contribution in [0.15, 0.2) is 0 Å². The van der Waals surface area contributed by atoms with Gasteiger partial charge in [0.05, 0.1) is 0 Å². The van der Waals surface area contributed by atoms with Gasteiger partial charge in [-0.25, -0.2) is 0 Å². The summed E-state index contributed by atoms with van der Waals surface area (Å²) in [6.07, 6.45) is 24.9. The third kappa shape index (κ3) is 5.17. The van der Waals surface area contributed by atoms with Gasteiger partial charge in [0, 0.05) is 0 Å². The Morgan fingerprint density at radius 1 is 0.652 bits per heavy atom. The maximum atomic E-state index is 16.0. The number of alkyl halides is 1. The van der Waals surface area contributed by atoms with Crippen LogP contribution in [0.1, 0.15) is 103 Å². The van der Waals surface area contributed by atoms with E-state index in [1.54, 1.807) is 0 Å². The molecule has 0 N–H and O–H groups in total. The molecule has 2 heterocycles. The van der Waals surface area contributed by atoms with Crippen molar-refractivity contribution in [3.8, 4) is 0 Å². The first-order valence-electron chi connectivity index (χ1n) is 10.9. The Balaban J connectivity index is 2.27. The van der Waals surface area contributed by atoms with Gasteiger partial charge >= 0.3 is 145 Å². The van der Waals surface area contributed by atoms with Crippen molar-refractivity contribution in [1.82, 2.24) is 0 Å². The van der Waals surface area contributed by atoms with Gasteiger partial charge < -0.3 is 0 Å². The van der Waals surface area contributed by atoms with Crippen LogP contribution < -0.4 is 0 Å². The molecular weight excluding hydrogens is 302 g/mol. The monoisotopic (exact) mass is 344 g/mol. The van der Waals surface area contributed by atoms with Crippen molar-refractivity contribution < 1.29 is 4.39 Å².